The Labute approximate surface area is 180 Å². The van der Waals surface area contributed by atoms with Crippen LogP contribution in [0.1, 0.15) is 22.6 Å². The molecule has 4 aromatic rings. The van der Waals surface area contributed by atoms with E-state index in [-0.39, 0.29) is 11.7 Å². The molecule has 0 radical (unpaired) electrons. The summed E-state index contributed by atoms with van der Waals surface area (Å²) in [6.07, 6.45) is 1.76. The molecule has 1 aliphatic rings. The number of furan rings is 1. The van der Waals surface area contributed by atoms with Gasteiger partial charge in [-0.05, 0) is 30.5 Å². The molecule has 1 saturated heterocycles. The Morgan fingerprint density at radius 3 is 2.61 bits per heavy atom. The molecular formula is C24H24N4O3. The molecule has 1 aliphatic heterocycles. The Morgan fingerprint density at radius 1 is 1.00 bits per heavy atom. The topological polar surface area (TPSA) is 80.5 Å². The van der Waals surface area contributed by atoms with E-state index < -0.39 is 0 Å². The Balaban J connectivity index is 1.40. The third kappa shape index (κ3) is 4.09. The number of aryl methyl sites for hydroxylation is 1. The summed E-state index contributed by atoms with van der Waals surface area (Å²) < 4.78 is 11.6. The van der Waals surface area contributed by atoms with Gasteiger partial charge in [-0.1, -0.05) is 42.5 Å². The molecule has 2 aromatic heterocycles. The fourth-order valence-corrected chi connectivity index (χ4v) is 3.89. The molecule has 7 nitrogen and oxygen atoms in total. The van der Waals surface area contributed by atoms with Crippen molar-refractivity contribution in [3.8, 4) is 0 Å². The van der Waals surface area contributed by atoms with Gasteiger partial charge in [-0.3, -0.25) is 4.79 Å². The highest BCUT2D eigenvalue weighted by atomic mass is 16.5. The fourth-order valence-electron chi connectivity index (χ4n) is 3.89. The van der Waals surface area contributed by atoms with Crippen molar-refractivity contribution in [2.45, 2.75) is 12.8 Å². The largest absolute Gasteiger partial charge is 0.450 e. The Kier molecular flexibility index (Phi) is 5.50. The van der Waals surface area contributed by atoms with E-state index in [4.69, 9.17) is 9.15 Å². The lowest BCUT2D eigenvalue weighted by atomic mass is 10.1. The molecule has 31 heavy (non-hydrogen) atoms. The average Bonchev–Trinajstić information content (AvgIpc) is 3.21. The van der Waals surface area contributed by atoms with Crippen LogP contribution in [0, 0.1) is 0 Å². The monoisotopic (exact) mass is 416 g/mol. The summed E-state index contributed by atoms with van der Waals surface area (Å²) in [4.78, 5) is 24.2. The maximum atomic E-state index is 12.9. The number of carbonyl (C=O) groups is 1. The summed E-state index contributed by atoms with van der Waals surface area (Å²) >= 11 is 0. The molecule has 7 heteroatoms. The first kappa shape index (κ1) is 19.5. The first-order valence-corrected chi connectivity index (χ1v) is 10.6. The number of carbonyl (C=O) groups excluding carboxylic acids is 1. The van der Waals surface area contributed by atoms with E-state index in [1.807, 2.05) is 42.5 Å². The number of nitrogens with one attached hydrogen (secondary N) is 1. The molecule has 3 heterocycles. The summed E-state index contributed by atoms with van der Waals surface area (Å²) in [7, 11) is 0. The predicted octanol–water partition coefficient (Wildman–Crippen LogP) is 3.58. The van der Waals surface area contributed by atoms with Gasteiger partial charge >= 0.3 is 0 Å². The van der Waals surface area contributed by atoms with E-state index in [2.05, 4.69) is 32.3 Å². The van der Waals surface area contributed by atoms with Crippen LogP contribution in [0.15, 0.2) is 59.0 Å². The summed E-state index contributed by atoms with van der Waals surface area (Å²) in [6, 6.07) is 18.0. The average molecular weight is 416 g/mol. The van der Waals surface area contributed by atoms with Gasteiger partial charge in [-0.2, -0.15) is 0 Å². The molecule has 0 bridgehead atoms. The Hall–Kier alpha value is -3.45. The van der Waals surface area contributed by atoms with Gasteiger partial charge in [0, 0.05) is 25.0 Å². The quantitative estimate of drug-likeness (QED) is 0.484. The van der Waals surface area contributed by atoms with Crippen LogP contribution in [0.25, 0.3) is 22.1 Å². The number of rotatable bonds is 6. The molecule has 1 N–H and O–H groups in total. The molecule has 0 aliphatic carbocycles. The summed E-state index contributed by atoms with van der Waals surface area (Å²) in [5.74, 6) is 0.550. The maximum absolute atomic E-state index is 12.9. The predicted molar refractivity (Wildman–Crippen MR) is 119 cm³/mol. The lowest BCUT2D eigenvalue weighted by Crippen LogP contribution is -2.37. The summed E-state index contributed by atoms with van der Waals surface area (Å²) in [5, 5.41) is 3.85. The third-order valence-corrected chi connectivity index (χ3v) is 5.49. The molecule has 1 fully saturated rings. The van der Waals surface area contributed by atoms with Crippen LogP contribution < -0.4 is 10.2 Å². The van der Waals surface area contributed by atoms with Crippen molar-refractivity contribution in [3.63, 3.8) is 0 Å². The third-order valence-electron chi connectivity index (χ3n) is 5.49. The highest BCUT2D eigenvalue weighted by Crippen LogP contribution is 2.33. The Bertz CT molecular complexity index is 1200. The van der Waals surface area contributed by atoms with Gasteiger partial charge in [-0.15, -0.1) is 0 Å². The van der Waals surface area contributed by atoms with E-state index in [0.29, 0.717) is 49.8 Å². The van der Waals surface area contributed by atoms with Crippen molar-refractivity contribution < 1.29 is 13.9 Å². The zero-order valence-corrected chi connectivity index (χ0v) is 17.2. The zero-order valence-electron chi connectivity index (χ0n) is 17.2. The van der Waals surface area contributed by atoms with E-state index in [0.717, 1.165) is 23.8 Å². The fraction of sp³-hybridized carbons (Fsp3) is 0.292. The number of para-hydroxylation sites is 1. The van der Waals surface area contributed by atoms with Gasteiger partial charge in [0.05, 0.1) is 13.2 Å². The lowest BCUT2D eigenvalue weighted by Gasteiger charge is -2.27. The first-order valence-electron chi connectivity index (χ1n) is 10.6. The van der Waals surface area contributed by atoms with Crippen LogP contribution in [0.3, 0.4) is 0 Å². The van der Waals surface area contributed by atoms with Crippen molar-refractivity contribution in [1.29, 1.82) is 0 Å². The zero-order chi connectivity index (χ0) is 21.0. The van der Waals surface area contributed by atoms with Crippen molar-refractivity contribution >= 4 is 33.8 Å². The van der Waals surface area contributed by atoms with Crippen molar-refractivity contribution in [2.24, 2.45) is 0 Å². The van der Waals surface area contributed by atoms with Gasteiger partial charge < -0.3 is 19.4 Å². The second-order valence-electron chi connectivity index (χ2n) is 7.59. The minimum Gasteiger partial charge on any atom is -0.450 e. The number of hydrogen-bond acceptors (Lipinski definition) is 6. The van der Waals surface area contributed by atoms with Gasteiger partial charge in [-0.25, -0.2) is 9.97 Å². The highest BCUT2D eigenvalue weighted by Gasteiger charge is 2.23. The molecular weight excluding hydrogens is 392 g/mol. The van der Waals surface area contributed by atoms with E-state index in [1.165, 1.54) is 5.56 Å². The van der Waals surface area contributed by atoms with Crippen LogP contribution in [-0.2, 0) is 11.2 Å². The Morgan fingerprint density at radius 2 is 1.77 bits per heavy atom. The number of nitrogens with zero attached hydrogens (tertiary/aromatic N) is 3. The number of fused-ring (bicyclic) bond motifs is 3. The maximum Gasteiger partial charge on any atom is 0.289 e. The summed E-state index contributed by atoms with van der Waals surface area (Å²) in [5.41, 5.74) is 3.28. The molecule has 0 atom stereocenters. The normalized spacial score (nSPS) is 14.3. The molecule has 158 valence electrons. The number of amides is 1. The molecule has 0 saturated carbocycles. The van der Waals surface area contributed by atoms with Crippen molar-refractivity contribution in [3.05, 3.63) is 66.0 Å². The molecule has 5 rings (SSSR count). The van der Waals surface area contributed by atoms with E-state index in [1.54, 1.807) is 0 Å². The molecule has 0 unspecified atom stereocenters. The lowest BCUT2D eigenvalue weighted by molar-refractivity contribution is 0.0943. The van der Waals surface area contributed by atoms with Gasteiger partial charge in [0.25, 0.3) is 5.91 Å². The molecule has 0 spiro atoms. The number of anilines is 1. The number of hydrogen-bond donors (Lipinski definition) is 1. The van der Waals surface area contributed by atoms with E-state index >= 15 is 0 Å². The number of morpholine rings is 1. The second kappa shape index (κ2) is 8.73. The number of ether oxygens (including phenoxy) is 1. The smallest absolute Gasteiger partial charge is 0.289 e. The van der Waals surface area contributed by atoms with Crippen LogP contribution in [0.4, 0.5) is 5.82 Å². The van der Waals surface area contributed by atoms with Crippen LogP contribution in [0.2, 0.25) is 0 Å². The van der Waals surface area contributed by atoms with Gasteiger partial charge in [0.1, 0.15) is 11.1 Å². The minimum atomic E-state index is -0.269. The standard InChI is InChI=1S/C24H24N4O3/c29-24(25-12-6-9-17-7-2-1-3-8-17)22-26-20-18-10-4-5-11-19(18)31-21(20)23(27-22)28-13-15-30-16-14-28/h1-5,7-8,10-11H,6,9,12-16H2,(H,25,29). The number of benzene rings is 2. The summed E-state index contributed by atoms with van der Waals surface area (Å²) in [6.45, 7) is 3.19. The van der Waals surface area contributed by atoms with Crippen molar-refractivity contribution in [1.82, 2.24) is 15.3 Å². The first-order chi connectivity index (χ1) is 15.3. The van der Waals surface area contributed by atoms with Crippen LogP contribution >= 0.6 is 0 Å². The number of aromatic nitrogens is 2. The van der Waals surface area contributed by atoms with Gasteiger partial charge in [0.15, 0.2) is 11.4 Å². The molecule has 2 aromatic carbocycles. The van der Waals surface area contributed by atoms with Crippen LogP contribution in [-0.4, -0.2) is 48.7 Å². The SMILES string of the molecule is O=C(NCCCc1ccccc1)c1nc(N2CCOCC2)c2oc3ccccc3c2n1. The second-order valence-corrected chi connectivity index (χ2v) is 7.59. The highest BCUT2D eigenvalue weighted by molar-refractivity contribution is 6.07. The van der Waals surface area contributed by atoms with Crippen molar-refractivity contribution in [2.75, 3.05) is 37.7 Å². The van der Waals surface area contributed by atoms with E-state index in [9.17, 15) is 4.79 Å². The molecule has 1 amide bonds. The minimum absolute atomic E-state index is 0.167. The van der Waals surface area contributed by atoms with Crippen LogP contribution in [0.5, 0.6) is 0 Å². The van der Waals surface area contributed by atoms with Gasteiger partial charge in [0.2, 0.25) is 5.82 Å².